The van der Waals surface area contributed by atoms with Gasteiger partial charge < -0.3 is 9.64 Å². The van der Waals surface area contributed by atoms with E-state index in [-0.39, 0.29) is 12.5 Å². The number of anilines is 2. The Labute approximate surface area is 99.6 Å². The second-order valence-electron chi connectivity index (χ2n) is 3.73. The average molecular weight is 234 g/mol. The zero-order valence-corrected chi connectivity index (χ0v) is 9.84. The van der Waals surface area contributed by atoms with Crippen LogP contribution in [0.4, 0.5) is 16.2 Å². The van der Waals surface area contributed by atoms with E-state index in [9.17, 15) is 9.59 Å². The number of nitrogens with zero attached hydrogens (tertiary/aromatic N) is 2. The molecule has 0 unspecified atom stereocenters. The van der Waals surface area contributed by atoms with E-state index in [1.54, 1.807) is 31.0 Å². The summed E-state index contributed by atoms with van der Waals surface area (Å²) in [6.07, 6.45) is -0.485. The lowest BCUT2D eigenvalue weighted by molar-refractivity contribution is -0.117. The second-order valence-corrected chi connectivity index (χ2v) is 3.73. The number of para-hydroxylation sites is 2. The molecule has 17 heavy (non-hydrogen) atoms. The summed E-state index contributed by atoms with van der Waals surface area (Å²) in [6, 6.07) is 7.26. The fraction of sp³-hybridized carbons (Fsp3) is 0.333. The van der Waals surface area contributed by atoms with E-state index in [4.69, 9.17) is 4.74 Å². The molecule has 1 aliphatic rings. The van der Waals surface area contributed by atoms with Crippen LogP contribution >= 0.6 is 0 Å². The molecule has 0 spiro atoms. The summed E-state index contributed by atoms with van der Waals surface area (Å²) >= 11 is 0. The maximum absolute atomic E-state index is 11.8. The zero-order valence-electron chi connectivity index (χ0n) is 9.84. The van der Waals surface area contributed by atoms with Gasteiger partial charge in [0.25, 0.3) is 0 Å². The summed E-state index contributed by atoms with van der Waals surface area (Å²) in [5.41, 5.74) is 1.42. The summed E-state index contributed by atoms with van der Waals surface area (Å²) in [5.74, 6) is -0.128. The molecule has 0 saturated carbocycles. The van der Waals surface area contributed by atoms with Crippen molar-refractivity contribution in [2.75, 3.05) is 30.0 Å². The molecule has 1 aliphatic heterocycles. The Morgan fingerprint density at radius 3 is 2.65 bits per heavy atom. The van der Waals surface area contributed by atoms with Crippen molar-refractivity contribution in [3.05, 3.63) is 24.3 Å². The number of hydrogen-bond donors (Lipinski definition) is 0. The van der Waals surface area contributed by atoms with Gasteiger partial charge in [0, 0.05) is 7.05 Å². The molecule has 1 aromatic rings. The first-order valence-electron chi connectivity index (χ1n) is 5.45. The van der Waals surface area contributed by atoms with E-state index in [0.29, 0.717) is 12.3 Å². The Morgan fingerprint density at radius 2 is 2.00 bits per heavy atom. The van der Waals surface area contributed by atoms with Gasteiger partial charge in [0.1, 0.15) is 6.54 Å². The number of amides is 2. The molecule has 1 heterocycles. The van der Waals surface area contributed by atoms with Crippen molar-refractivity contribution < 1.29 is 14.3 Å². The molecule has 0 aliphatic carbocycles. The smallest absolute Gasteiger partial charge is 0.414 e. The Morgan fingerprint density at radius 1 is 1.35 bits per heavy atom. The highest BCUT2D eigenvalue weighted by Gasteiger charge is 2.30. The van der Waals surface area contributed by atoms with Crippen LogP contribution in [-0.4, -0.2) is 32.2 Å². The molecule has 5 heteroatoms. The van der Waals surface area contributed by atoms with E-state index in [1.807, 2.05) is 12.1 Å². The van der Waals surface area contributed by atoms with Crippen LogP contribution in [-0.2, 0) is 9.53 Å². The van der Waals surface area contributed by atoms with E-state index in [2.05, 4.69) is 0 Å². The maximum Gasteiger partial charge on any atom is 0.414 e. The molecule has 0 saturated heterocycles. The highest BCUT2D eigenvalue weighted by atomic mass is 16.6. The minimum absolute atomic E-state index is 0.0202. The van der Waals surface area contributed by atoms with Gasteiger partial charge in [-0.25, -0.2) is 4.79 Å². The minimum Gasteiger partial charge on any atom is -0.449 e. The lowest BCUT2D eigenvalue weighted by Crippen LogP contribution is -2.46. The molecule has 2 amide bonds. The lowest BCUT2D eigenvalue weighted by atomic mass is 10.2. The molecule has 0 aromatic heterocycles. The van der Waals surface area contributed by atoms with Crippen LogP contribution < -0.4 is 9.80 Å². The number of carbonyl (C=O) groups excluding carboxylic acids is 2. The predicted molar refractivity (Wildman–Crippen MR) is 64.2 cm³/mol. The summed E-state index contributed by atoms with van der Waals surface area (Å²) < 4.78 is 4.94. The summed E-state index contributed by atoms with van der Waals surface area (Å²) in [4.78, 5) is 26.4. The molecule has 0 bridgehead atoms. The third-order valence-corrected chi connectivity index (χ3v) is 2.69. The Kier molecular flexibility index (Phi) is 2.99. The van der Waals surface area contributed by atoms with Gasteiger partial charge in [-0.3, -0.25) is 9.69 Å². The van der Waals surface area contributed by atoms with Crippen LogP contribution in [0.2, 0.25) is 0 Å². The molecule has 0 atom stereocenters. The van der Waals surface area contributed by atoms with Gasteiger partial charge in [0.2, 0.25) is 5.91 Å². The topological polar surface area (TPSA) is 49.9 Å². The average Bonchev–Trinajstić information content (AvgIpc) is 2.34. The number of ether oxygens (including phenoxy) is 1. The monoisotopic (exact) mass is 234 g/mol. The Bertz CT molecular complexity index is 459. The normalized spacial score (nSPS) is 14.6. The first-order chi connectivity index (χ1) is 8.15. The molecule has 90 valence electrons. The van der Waals surface area contributed by atoms with Crippen molar-refractivity contribution in [3.63, 3.8) is 0 Å². The fourth-order valence-corrected chi connectivity index (χ4v) is 1.80. The van der Waals surface area contributed by atoms with Crippen molar-refractivity contribution in [2.45, 2.75) is 6.92 Å². The quantitative estimate of drug-likeness (QED) is 0.742. The van der Waals surface area contributed by atoms with E-state index in [0.717, 1.165) is 5.69 Å². The third-order valence-electron chi connectivity index (χ3n) is 2.69. The van der Waals surface area contributed by atoms with Gasteiger partial charge in [-0.05, 0) is 19.1 Å². The van der Waals surface area contributed by atoms with Gasteiger partial charge in [-0.2, -0.15) is 0 Å². The van der Waals surface area contributed by atoms with Crippen LogP contribution in [0.1, 0.15) is 6.92 Å². The maximum atomic E-state index is 11.8. The van der Waals surface area contributed by atoms with E-state index in [1.165, 1.54) is 4.90 Å². The predicted octanol–water partition coefficient (Wildman–Crippen LogP) is 1.63. The van der Waals surface area contributed by atoms with Crippen molar-refractivity contribution in [1.82, 2.24) is 0 Å². The zero-order chi connectivity index (χ0) is 12.4. The van der Waals surface area contributed by atoms with Crippen LogP contribution in [0.15, 0.2) is 24.3 Å². The molecular formula is C12H14N2O3. The SMILES string of the molecule is CCOC(=O)N1CC(=O)N(C)c2ccccc21. The highest BCUT2D eigenvalue weighted by Crippen LogP contribution is 2.32. The first kappa shape index (κ1) is 11.4. The molecule has 1 aromatic carbocycles. The second kappa shape index (κ2) is 4.45. The fourth-order valence-electron chi connectivity index (χ4n) is 1.80. The number of likely N-dealkylation sites (N-methyl/N-ethyl adjacent to an activating group) is 1. The van der Waals surface area contributed by atoms with Crippen molar-refractivity contribution in [2.24, 2.45) is 0 Å². The number of hydrogen-bond acceptors (Lipinski definition) is 3. The first-order valence-corrected chi connectivity index (χ1v) is 5.45. The summed E-state index contributed by atoms with van der Waals surface area (Å²) in [7, 11) is 1.70. The van der Waals surface area contributed by atoms with Gasteiger partial charge in [0.05, 0.1) is 18.0 Å². The lowest BCUT2D eigenvalue weighted by Gasteiger charge is -2.33. The number of fused-ring (bicyclic) bond motifs is 1. The van der Waals surface area contributed by atoms with Gasteiger partial charge in [0.15, 0.2) is 0 Å². The molecule has 5 nitrogen and oxygen atoms in total. The van der Waals surface area contributed by atoms with Crippen LogP contribution in [0, 0.1) is 0 Å². The van der Waals surface area contributed by atoms with Gasteiger partial charge in [-0.1, -0.05) is 12.1 Å². The number of rotatable bonds is 1. The van der Waals surface area contributed by atoms with Gasteiger partial charge in [-0.15, -0.1) is 0 Å². The van der Waals surface area contributed by atoms with Gasteiger partial charge >= 0.3 is 6.09 Å². The highest BCUT2D eigenvalue weighted by molar-refractivity contribution is 6.09. The Hall–Kier alpha value is -2.04. The molecule has 0 N–H and O–H groups in total. The van der Waals surface area contributed by atoms with Crippen LogP contribution in [0.5, 0.6) is 0 Å². The minimum atomic E-state index is -0.485. The standard InChI is InChI=1S/C12H14N2O3/c1-3-17-12(16)14-8-11(15)13(2)9-6-4-5-7-10(9)14/h4-7H,3,8H2,1-2H3. The number of carbonyl (C=O) groups is 2. The third kappa shape index (κ3) is 1.95. The van der Waals surface area contributed by atoms with Crippen molar-refractivity contribution >= 4 is 23.4 Å². The van der Waals surface area contributed by atoms with Crippen molar-refractivity contribution in [3.8, 4) is 0 Å². The molecular weight excluding hydrogens is 220 g/mol. The van der Waals surface area contributed by atoms with E-state index < -0.39 is 6.09 Å². The molecule has 0 radical (unpaired) electrons. The molecule has 2 rings (SSSR count). The van der Waals surface area contributed by atoms with Crippen LogP contribution in [0.25, 0.3) is 0 Å². The van der Waals surface area contributed by atoms with E-state index >= 15 is 0 Å². The Balaban J connectivity index is 2.40. The summed E-state index contributed by atoms with van der Waals surface area (Å²) in [5, 5.41) is 0. The largest absolute Gasteiger partial charge is 0.449 e. The van der Waals surface area contributed by atoms with Crippen molar-refractivity contribution in [1.29, 1.82) is 0 Å². The molecule has 0 fully saturated rings. The van der Waals surface area contributed by atoms with Crippen LogP contribution in [0.3, 0.4) is 0 Å². The number of benzene rings is 1. The summed E-state index contributed by atoms with van der Waals surface area (Å²) in [6.45, 7) is 2.05.